The number of rotatable bonds is 3. The molecule has 1 atom stereocenters. The molecule has 2 rings (SSSR count). The van der Waals surface area contributed by atoms with Crippen LogP contribution in [0.5, 0.6) is 0 Å². The van der Waals surface area contributed by atoms with Crippen LogP contribution in [0, 0.1) is 5.82 Å². The zero-order valence-electron chi connectivity index (χ0n) is 11.0. The molecule has 1 aromatic carbocycles. The molecule has 21 heavy (non-hydrogen) atoms. The summed E-state index contributed by atoms with van der Waals surface area (Å²) in [4.78, 5) is 24.4. The van der Waals surface area contributed by atoms with Crippen LogP contribution in [-0.2, 0) is 9.53 Å². The first-order chi connectivity index (χ1) is 9.95. The molecule has 1 fully saturated rings. The highest BCUT2D eigenvalue weighted by Gasteiger charge is 2.29. The third-order valence-corrected chi connectivity index (χ3v) is 3.23. The predicted molar refractivity (Wildman–Crippen MR) is 74.0 cm³/mol. The van der Waals surface area contributed by atoms with Crippen molar-refractivity contribution in [3.05, 3.63) is 29.0 Å². The van der Waals surface area contributed by atoms with Gasteiger partial charge in [0, 0.05) is 17.3 Å². The highest BCUT2D eigenvalue weighted by molar-refractivity contribution is 6.30. The maximum atomic E-state index is 13.2. The van der Waals surface area contributed by atoms with Gasteiger partial charge in [-0.1, -0.05) is 11.6 Å². The van der Waals surface area contributed by atoms with Crippen molar-refractivity contribution in [2.75, 3.05) is 25.1 Å². The molecular formula is C13H14ClFN2O4. The summed E-state index contributed by atoms with van der Waals surface area (Å²) in [5.74, 6) is -1.58. The number of urea groups is 1. The smallest absolute Gasteiger partial charge is 0.322 e. The Morgan fingerprint density at radius 2 is 2.24 bits per heavy atom. The number of hydrogen-bond donors (Lipinski definition) is 2. The fraction of sp³-hybridized carbons (Fsp3) is 0.385. The van der Waals surface area contributed by atoms with Crippen LogP contribution in [0.1, 0.15) is 6.42 Å². The number of amides is 2. The number of aliphatic carboxylic acids is 1. The Hall–Kier alpha value is -1.86. The van der Waals surface area contributed by atoms with E-state index in [2.05, 4.69) is 5.32 Å². The van der Waals surface area contributed by atoms with E-state index in [-0.39, 0.29) is 30.3 Å². The van der Waals surface area contributed by atoms with Crippen molar-refractivity contribution in [2.24, 2.45) is 0 Å². The Morgan fingerprint density at radius 3 is 2.90 bits per heavy atom. The van der Waals surface area contributed by atoms with Gasteiger partial charge in [0.2, 0.25) is 0 Å². The molecule has 0 spiro atoms. The fourth-order valence-electron chi connectivity index (χ4n) is 2.11. The Morgan fingerprint density at radius 1 is 1.48 bits per heavy atom. The Bertz CT molecular complexity index is 535. The van der Waals surface area contributed by atoms with E-state index >= 15 is 0 Å². The van der Waals surface area contributed by atoms with Crippen LogP contribution in [0.15, 0.2) is 18.2 Å². The lowest BCUT2D eigenvalue weighted by Crippen LogP contribution is -2.51. The number of halogens is 2. The van der Waals surface area contributed by atoms with E-state index in [0.717, 1.165) is 12.1 Å². The summed E-state index contributed by atoms with van der Waals surface area (Å²) in [6.07, 6.45) is -0.211. The maximum absolute atomic E-state index is 13.2. The lowest BCUT2D eigenvalue weighted by molar-refractivity contribution is -0.139. The molecule has 1 saturated heterocycles. The van der Waals surface area contributed by atoms with Crippen LogP contribution in [-0.4, -0.2) is 47.8 Å². The Kier molecular flexibility index (Phi) is 4.98. The fourth-order valence-corrected chi connectivity index (χ4v) is 2.34. The molecule has 2 N–H and O–H groups in total. The topological polar surface area (TPSA) is 78.9 Å². The molecule has 1 aliphatic rings. The zero-order valence-corrected chi connectivity index (χ0v) is 11.8. The van der Waals surface area contributed by atoms with Crippen molar-refractivity contribution in [3.63, 3.8) is 0 Å². The minimum atomic E-state index is -1.02. The van der Waals surface area contributed by atoms with Crippen molar-refractivity contribution >= 4 is 29.3 Å². The molecule has 0 bridgehead atoms. The number of carbonyl (C=O) groups excluding carboxylic acids is 1. The Labute approximate surface area is 125 Å². The molecule has 8 heteroatoms. The predicted octanol–water partition coefficient (Wildman–Crippen LogP) is 2.19. The second-order valence-corrected chi connectivity index (χ2v) is 5.04. The van der Waals surface area contributed by atoms with Gasteiger partial charge in [0.15, 0.2) is 0 Å². The molecule has 1 aromatic rings. The number of carboxylic acid groups (broad SMARTS) is 1. The second-order valence-electron chi connectivity index (χ2n) is 4.61. The first kappa shape index (κ1) is 15.5. The molecule has 0 saturated carbocycles. The first-order valence-electron chi connectivity index (χ1n) is 6.29. The van der Waals surface area contributed by atoms with Gasteiger partial charge >= 0.3 is 12.0 Å². The summed E-state index contributed by atoms with van der Waals surface area (Å²) in [6.45, 7) is 0.754. The highest BCUT2D eigenvalue weighted by atomic mass is 35.5. The minimum Gasteiger partial charge on any atom is -0.481 e. The molecule has 1 unspecified atom stereocenters. The van der Waals surface area contributed by atoms with E-state index in [1.807, 2.05) is 0 Å². The van der Waals surface area contributed by atoms with Crippen molar-refractivity contribution in [1.29, 1.82) is 0 Å². The van der Waals surface area contributed by atoms with Crippen LogP contribution in [0.4, 0.5) is 14.9 Å². The SMILES string of the molecule is O=C(O)CC1COCCN1C(=O)Nc1cc(F)cc(Cl)c1. The molecule has 6 nitrogen and oxygen atoms in total. The quantitative estimate of drug-likeness (QED) is 0.896. The van der Waals surface area contributed by atoms with Crippen LogP contribution >= 0.6 is 11.6 Å². The van der Waals surface area contributed by atoms with Crippen molar-refractivity contribution < 1.29 is 23.8 Å². The molecule has 0 aliphatic carbocycles. The van der Waals surface area contributed by atoms with Gasteiger partial charge < -0.3 is 20.1 Å². The summed E-state index contributed by atoms with van der Waals surface area (Å²) < 4.78 is 18.4. The van der Waals surface area contributed by atoms with E-state index < -0.39 is 23.9 Å². The summed E-state index contributed by atoms with van der Waals surface area (Å²) in [5.41, 5.74) is 0.213. The van der Waals surface area contributed by atoms with E-state index in [0.29, 0.717) is 6.61 Å². The molecule has 114 valence electrons. The number of hydrogen-bond acceptors (Lipinski definition) is 3. The summed E-state index contributed by atoms with van der Waals surface area (Å²) in [6, 6.07) is 2.61. The van der Waals surface area contributed by atoms with Gasteiger partial charge in [-0.05, 0) is 18.2 Å². The summed E-state index contributed by atoms with van der Waals surface area (Å²) in [5, 5.41) is 11.5. The van der Waals surface area contributed by atoms with Crippen LogP contribution < -0.4 is 5.32 Å². The van der Waals surface area contributed by atoms with E-state index in [1.54, 1.807) is 0 Å². The van der Waals surface area contributed by atoms with Crippen LogP contribution in [0.25, 0.3) is 0 Å². The molecule has 1 heterocycles. The third kappa shape index (κ3) is 4.30. The maximum Gasteiger partial charge on any atom is 0.322 e. The number of morpholine rings is 1. The lowest BCUT2D eigenvalue weighted by Gasteiger charge is -2.34. The number of nitrogens with zero attached hydrogens (tertiary/aromatic N) is 1. The zero-order chi connectivity index (χ0) is 15.4. The van der Waals surface area contributed by atoms with Crippen LogP contribution in [0.2, 0.25) is 5.02 Å². The standard InChI is InChI=1S/C13H14ClFN2O4/c14-8-3-9(15)5-10(4-8)16-13(20)17-1-2-21-7-11(17)6-12(18)19/h3-5,11H,1-2,6-7H2,(H,16,20)(H,18,19). The molecule has 1 aliphatic heterocycles. The van der Waals surface area contributed by atoms with Crippen LogP contribution in [0.3, 0.4) is 0 Å². The molecule has 0 aromatic heterocycles. The van der Waals surface area contributed by atoms with Crippen molar-refractivity contribution in [2.45, 2.75) is 12.5 Å². The van der Waals surface area contributed by atoms with Gasteiger partial charge in [0.1, 0.15) is 5.82 Å². The molecule has 2 amide bonds. The molecule has 0 radical (unpaired) electrons. The Balaban J connectivity index is 2.08. The first-order valence-corrected chi connectivity index (χ1v) is 6.67. The third-order valence-electron chi connectivity index (χ3n) is 3.01. The number of carbonyl (C=O) groups is 2. The highest BCUT2D eigenvalue weighted by Crippen LogP contribution is 2.19. The van der Waals surface area contributed by atoms with Gasteiger partial charge in [-0.3, -0.25) is 4.79 Å². The number of carboxylic acids is 1. The largest absolute Gasteiger partial charge is 0.481 e. The van der Waals surface area contributed by atoms with Gasteiger partial charge in [-0.25, -0.2) is 9.18 Å². The van der Waals surface area contributed by atoms with Crippen molar-refractivity contribution in [3.8, 4) is 0 Å². The summed E-state index contributed by atoms with van der Waals surface area (Å²) >= 11 is 5.71. The monoisotopic (exact) mass is 316 g/mol. The second kappa shape index (κ2) is 6.73. The number of anilines is 1. The average molecular weight is 317 g/mol. The van der Waals surface area contributed by atoms with Gasteiger partial charge in [0.25, 0.3) is 0 Å². The van der Waals surface area contributed by atoms with E-state index in [4.69, 9.17) is 21.4 Å². The normalized spacial score (nSPS) is 18.4. The van der Waals surface area contributed by atoms with Crippen molar-refractivity contribution in [1.82, 2.24) is 4.90 Å². The van der Waals surface area contributed by atoms with Gasteiger partial charge in [-0.15, -0.1) is 0 Å². The molecular weight excluding hydrogens is 303 g/mol. The average Bonchev–Trinajstić information content (AvgIpc) is 2.37. The van der Waals surface area contributed by atoms with E-state index in [1.165, 1.54) is 11.0 Å². The minimum absolute atomic E-state index is 0.156. The number of benzene rings is 1. The number of nitrogens with one attached hydrogen (secondary N) is 1. The van der Waals surface area contributed by atoms with Gasteiger partial charge in [0.05, 0.1) is 25.7 Å². The van der Waals surface area contributed by atoms with E-state index in [9.17, 15) is 14.0 Å². The lowest BCUT2D eigenvalue weighted by atomic mass is 10.1. The summed E-state index contributed by atoms with van der Waals surface area (Å²) in [7, 11) is 0. The number of ether oxygens (including phenoxy) is 1. The van der Waals surface area contributed by atoms with Gasteiger partial charge in [-0.2, -0.15) is 0 Å².